The van der Waals surface area contributed by atoms with Crippen LogP contribution in [0.4, 0.5) is 11.4 Å². The van der Waals surface area contributed by atoms with Crippen molar-refractivity contribution in [2.75, 3.05) is 43.4 Å². The van der Waals surface area contributed by atoms with Crippen LogP contribution in [-0.2, 0) is 11.3 Å². The second kappa shape index (κ2) is 10.3. The number of anilines is 2. The molecule has 7 nitrogen and oxygen atoms in total. The first kappa shape index (κ1) is 21.2. The van der Waals surface area contributed by atoms with Crippen LogP contribution in [0.5, 0.6) is 0 Å². The first-order chi connectivity index (χ1) is 15.2. The number of thiophene rings is 1. The molecular weight excluding hydrogens is 410 g/mol. The van der Waals surface area contributed by atoms with E-state index in [1.54, 1.807) is 30.3 Å². The number of nitrogens with zero attached hydrogens (tertiary/aromatic N) is 3. The van der Waals surface area contributed by atoms with Gasteiger partial charge in [-0.05, 0) is 47.8 Å². The van der Waals surface area contributed by atoms with E-state index in [4.69, 9.17) is 0 Å². The predicted molar refractivity (Wildman–Crippen MR) is 123 cm³/mol. The minimum Gasteiger partial charge on any atom is -0.325 e. The van der Waals surface area contributed by atoms with Crippen LogP contribution in [0.25, 0.3) is 0 Å². The van der Waals surface area contributed by atoms with Gasteiger partial charge in [0, 0.05) is 50.3 Å². The molecule has 0 aliphatic carbocycles. The summed E-state index contributed by atoms with van der Waals surface area (Å²) in [5.74, 6) is -0.164. The molecule has 0 unspecified atom stereocenters. The van der Waals surface area contributed by atoms with Gasteiger partial charge in [-0.15, -0.1) is 11.3 Å². The summed E-state index contributed by atoms with van der Waals surface area (Å²) >= 11 is 1.40. The van der Waals surface area contributed by atoms with Crippen LogP contribution in [0.15, 0.2) is 66.2 Å². The lowest BCUT2D eigenvalue weighted by Gasteiger charge is -2.34. The Morgan fingerprint density at radius 2 is 1.58 bits per heavy atom. The summed E-state index contributed by atoms with van der Waals surface area (Å²) in [5, 5.41) is 7.66. The van der Waals surface area contributed by atoms with E-state index < -0.39 is 0 Å². The number of hydrogen-bond donors (Lipinski definition) is 2. The van der Waals surface area contributed by atoms with E-state index in [1.807, 2.05) is 35.8 Å². The average Bonchev–Trinajstić information content (AvgIpc) is 3.32. The Balaban J connectivity index is 1.20. The van der Waals surface area contributed by atoms with Crippen molar-refractivity contribution in [3.63, 3.8) is 0 Å². The summed E-state index contributed by atoms with van der Waals surface area (Å²) in [6, 6.07) is 16.8. The molecule has 0 atom stereocenters. The van der Waals surface area contributed by atoms with Gasteiger partial charge >= 0.3 is 0 Å². The molecule has 1 saturated heterocycles. The number of piperazine rings is 1. The number of nitrogens with one attached hydrogen (secondary N) is 2. The van der Waals surface area contributed by atoms with Gasteiger partial charge in [-0.25, -0.2) is 0 Å². The minimum absolute atomic E-state index is 0.0338. The Morgan fingerprint density at radius 1 is 0.871 bits per heavy atom. The third-order valence-electron chi connectivity index (χ3n) is 5.12. The fraction of sp³-hybridized carbons (Fsp3) is 0.261. The maximum absolute atomic E-state index is 12.4. The molecule has 0 bridgehead atoms. The van der Waals surface area contributed by atoms with Crippen molar-refractivity contribution in [3.8, 4) is 0 Å². The number of aromatic nitrogens is 1. The fourth-order valence-corrected chi connectivity index (χ4v) is 4.09. The summed E-state index contributed by atoms with van der Waals surface area (Å²) in [7, 11) is 0. The molecule has 2 aromatic heterocycles. The molecule has 2 amide bonds. The average molecular weight is 436 g/mol. The van der Waals surface area contributed by atoms with E-state index in [1.165, 1.54) is 11.3 Å². The van der Waals surface area contributed by atoms with Crippen LogP contribution in [-0.4, -0.2) is 59.3 Å². The van der Waals surface area contributed by atoms with Gasteiger partial charge in [0.15, 0.2) is 0 Å². The van der Waals surface area contributed by atoms with Crippen molar-refractivity contribution in [3.05, 3.63) is 76.7 Å². The van der Waals surface area contributed by atoms with Crippen molar-refractivity contribution in [2.24, 2.45) is 0 Å². The molecule has 160 valence electrons. The van der Waals surface area contributed by atoms with E-state index >= 15 is 0 Å². The predicted octanol–water partition coefficient (Wildman–Crippen LogP) is 3.15. The molecule has 3 heterocycles. The number of pyridine rings is 1. The summed E-state index contributed by atoms with van der Waals surface area (Å²) in [4.78, 5) is 34.1. The van der Waals surface area contributed by atoms with Gasteiger partial charge in [0.05, 0.1) is 17.1 Å². The third-order valence-corrected chi connectivity index (χ3v) is 5.98. The molecule has 0 spiro atoms. The molecular formula is C23H25N5O2S. The van der Waals surface area contributed by atoms with E-state index in [0.717, 1.165) is 38.4 Å². The topological polar surface area (TPSA) is 77.6 Å². The third kappa shape index (κ3) is 6.21. The smallest absolute Gasteiger partial charge is 0.265 e. The standard InChI is InChI=1S/C23H25N5O2S/c29-22(17-28-13-11-27(12-14-28)16-20-4-1-2-10-24-20)25-18-6-8-19(9-7-18)26-23(30)21-5-3-15-31-21/h1-10,15H,11-14,16-17H2,(H,25,29)(H,26,30). The van der Waals surface area contributed by atoms with Crippen LogP contribution in [0.3, 0.4) is 0 Å². The highest BCUT2D eigenvalue weighted by Gasteiger charge is 2.19. The maximum Gasteiger partial charge on any atom is 0.265 e. The fourth-order valence-electron chi connectivity index (χ4n) is 3.47. The normalized spacial score (nSPS) is 14.8. The van der Waals surface area contributed by atoms with Crippen molar-refractivity contribution in [1.82, 2.24) is 14.8 Å². The zero-order chi connectivity index (χ0) is 21.5. The van der Waals surface area contributed by atoms with Gasteiger partial charge in [0.2, 0.25) is 5.91 Å². The van der Waals surface area contributed by atoms with Crippen molar-refractivity contribution < 1.29 is 9.59 Å². The van der Waals surface area contributed by atoms with Crippen LogP contribution in [0.2, 0.25) is 0 Å². The van der Waals surface area contributed by atoms with E-state index in [2.05, 4.69) is 25.4 Å². The number of amides is 2. The number of rotatable bonds is 7. The Labute approximate surface area is 185 Å². The summed E-state index contributed by atoms with van der Waals surface area (Å²) in [6.45, 7) is 4.76. The zero-order valence-electron chi connectivity index (χ0n) is 17.2. The Bertz CT molecular complexity index is 985. The van der Waals surface area contributed by atoms with Gasteiger partial charge in [-0.1, -0.05) is 12.1 Å². The SMILES string of the molecule is O=C(CN1CCN(Cc2ccccn2)CC1)Nc1ccc(NC(=O)c2cccs2)cc1. The molecule has 4 rings (SSSR count). The number of carbonyl (C=O) groups excluding carboxylic acids is 2. The van der Waals surface area contributed by atoms with Crippen molar-refractivity contribution >= 4 is 34.5 Å². The van der Waals surface area contributed by atoms with E-state index in [-0.39, 0.29) is 11.8 Å². The number of carbonyl (C=O) groups is 2. The first-order valence-corrected chi connectivity index (χ1v) is 11.1. The van der Waals surface area contributed by atoms with Gasteiger partial charge in [-0.2, -0.15) is 0 Å². The molecule has 1 aliphatic heterocycles. The molecule has 3 aromatic rings. The molecule has 1 aromatic carbocycles. The highest BCUT2D eigenvalue weighted by Crippen LogP contribution is 2.16. The van der Waals surface area contributed by atoms with E-state index in [0.29, 0.717) is 22.8 Å². The van der Waals surface area contributed by atoms with Crippen LogP contribution >= 0.6 is 11.3 Å². The van der Waals surface area contributed by atoms with Crippen molar-refractivity contribution in [1.29, 1.82) is 0 Å². The second-order valence-corrected chi connectivity index (χ2v) is 8.38. The first-order valence-electron chi connectivity index (χ1n) is 10.2. The van der Waals surface area contributed by atoms with Crippen molar-refractivity contribution in [2.45, 2.75) is 6.54 Å². The molecule has 2 N–H and O–H groups in total. The van der Waals surface area contributed by atoms with Gasteiger partial charge in [0.1, 0.15) is 0 Å². The van der Waals surface area contributed by atoms with Gasteiger partial charge in [0.25, 0.3) is 5.91 Å². The maximum atomic E-state index is 12.4. The molecule has 31 heavy (non-hydrogen) atoms. The number of benzene rings is 1. The summed E-state index contributed by atoms with van der Waals surface area (Å²) < 4.78 is 0. The summed E-state index contributed by atoms with van der Waals surface area (Å²) in [6.07, 6.45) is 1.82. The number of hydrogen-bond acceptors (Lipinski definition) is 6. The molecule has 8 heteroatoms. The molecule has 1 fully saturated rings. The quantitative estimate of drug-likeness (QED) is 0.596. The second-order valence-electron chi connectivity index (χ2n) is 7.43. The van der Waals surface area contributed by atoms with Gasteiger partial charge in [-0.3, -0.25) is 24.4 Å². The van der Waals surface area contributed by atoms with Crippen LogP contribution < -0.4 is 10.6 Å². The lowest BCUT2D eigenvalue weighted by Crippen LogP contribution is -2.48. The summed E-state index contributed by atoms with van der Waals surface area (Å²) in [5.41, 5.74) is 2.48. The lowest BCUT2D eigenvalue weighted by molar-refractivity contribution is -0.117. The van der Waals surface area contributed by atoms with E-state index in [9.17, 15) is 9.59 Å². The Kier molecular flexibility index (Phi) is 7.03. The molecule has 0 radical (unpaired) electrons. The molecule has 1 aliphatic rings. The highest BCUT2D eigenvalue weighted by atomic mass is 32.1. The van der Waals surface area contributed by atoms with Gasteiger partial charge < -0.3 is 10.6 Å². The lowest BCUT2D eigenvalue weighted by atomic mass is 10.2. The van der Waals surface area contributed by atoms with Crippen LogP contribution in [0.1, 0.15) is 15.4 Å². The minimum atomic E-state index is -0.131. The Hall–Kier alpha value is -3.07. The largest absolute Gasteiger partial charge is 0.325 e. The van der Waals surface area contributed by atoms with Crippen LogP contribution in [0, 0.1) is 0 Å². The Morgan fingerprint density at radius 3 is 2.23 bits per heavy atom. The molecule has 0 saturated carbocycles. The highest BCUT2D eigenvalue weighted by molar-refractivity contribution is 7.12. The zero-order valence-corrected chi connectivity index (χ0v) is 18.0. The monoisotopic (exact) mass is 435 g/mol.